The molecule has 0 aromatic carbocycles. The van der Waals surface area contributed by atoms with Crippen LogP contribution in [0.4, 0.5) is 0 Å². The number of nitrogens with zero attached hydrogens (tertiary/aromatic N) is 1. The molecule has 0 aromatic heterocycles. The van der Waals surface area contributed by atoms with Gasteiger partial charge in [0.25, 0.3) is 0 Å². The maximum Gasteiger partial charge on any atom is 0.234 e. The normalized spacial score (nSPS) is 9.62. The average molecular weight is 185 g/mol. The molecule has 0 aliphatic rings. The first kappa shape index (κ1) is 12.3. The summed E-state index contributed by atoms with van der Waals surface area (Å²) in [7, 11) is 0. The van der Waals surface area contributed by atoms with Crippen LogP contribution in [0.5, 0.6) is 0 Å². The topological polar surface area (TPSA) is 49.7 Å². The second kappa shape index (κ2) is 11.3. The van der Waals surface area contributed by atoms with Gasteiger partial charge in [-0.05, 0) is 12.8 Å². The predicted octanol–water partition coefficient (Wildman–Crippen LogP) is 2.05. The number of hydrogen-bond acceptors (Lipinski definition) is 3. The third kappa shape index (κ3) is 11.3. The Morgan fingerprint density at radius 3 is 2.00 bits per heavy atom. The Bertz CT molecular complexity index is 142. The van der Waals surface area contributed by atoms with E-state index in [9.17, 15) is 4.79 Å². The summed E-state index contributed by atoms with van der Waals surface area (Å²) in [4.78, 5) is 13.2. The number of hydrogen-bond donors (Lipinski definition) is 1. The van der Waals surface area contributed by atoms with Crippen LogP contribution in [0.2, 0.25) is 0 Å². The van der Waals surface area contributed by atoms with Crippen molar-refractivity contribution in [1.82, 2.24) is 0 Å². The minimum Gasteiger partial charge on any atom is -0.396 e. The summed E-state index contributed by atoms with van der Waals surface area (Å²) in [5.41, 5.74) is 0. The molecule has 0 aliphatic heterocycles. The van der Waals surface area contributed by atoms with Crippen molar-refractivity contribution < 1.29 is 9.90 Å². The Labute approximate surface area is 79.9 Å². The van der Waals surface area contributed by atoms with Crippen molar-refractivity contribution in [2.45, 2.75) is 44.9 Å². The smallest absolute Gasteiger partial charge is 0.234 e. The number of isocyanates is 1. The number of aliphatic hydroxyl groups excluding tert-OH is 1. The van der Waals surface area contributed by atoms with Crippen LogP contribution >= 0.6 is 0 Å². The molecule has 0 aliphatic carbocycles. The Balaban J connectivity index is 2.87. The Hall–Kier alpha value is -0.660. The molecule has 0 radical (unpaired) electrons. The molecule has 0 amide bonds. The largest absolute Gasteiger partial charge is 0.396 e. The van der Waals surface area contributed by atoms with Crippen LogP contribution in [0, 0.1) is 0 Å². The number of rotatable bonds is 9. The molecule has 0 atom stereocenters. The minimum atomic E-state index is 0.314. The summed E-state index contributed by atoms with van der Waals surface area (Å²) >= 11 is 0. The summed E-state index contributed by atoms with van der Waals surface area (Å²) < 4.78 is 0. The maximum absolute atomic E-state index is 9.70. The standard InChI is InChI=1S/C10H19NO2/c12-9-7-5-3-1-2-4-6-8-11-10-13/h12H,1-9H2. The summed E-state index contributed by atoms with van der Waals surface area (Å²) in [6.07, 6.45) is 9.37. The number of aliphatic imine (C=N–C) groups is 1. The van der Waals surface area contributed by atoms with Gasteiger partial charge in [-0.2, -0.15) is 0 Å². The minimum absolute atomic E-state index is 0.314. The molecule has 3 heteroatoms. The fourth-order valence-corrected chi connectivity index (χ4v) is 1.23. The molecule has 0 saturated carbocycles. The van der Waals surface area contributed by atoms with Crippen molar-refractivity contribution in [1.29, 1.82) is 0 Å². The average Bonchev–Trinajstić information content (AvgIpc) is 2.16. The molecule has 1 N–H and O–H groups in total. The molecule has 13 heavy (non-hydrogen) atoms. The van der Waals surface area contributed by atoms with Gasteiger partial charge >= 0.3 is 0 Å². The first-order valence-corrected chi connectivity index (χ1v) is 5.06. The Kier molecular flexibility index (Phi) is 10.8. The van der Waals surface area contributed by atoms with E-state index in [0.29, 0.717) is 13.2 Å². The van der Waals surface area contributed by atoms with Crippen LogP contribution < -0.4 is 0 Å². The van der Waals surface area contributed by atoms with Gasteiger partial charge in [0, 0.05) is 6.61 Å². The predicted molar refractivity (Wildman–Crippen MR) is 52.4 cm³/mol. The zero-order chi connectivity index (χ0) is 9.78. The van der Waals surface area contributed by atoms with Gasteiger partial charge in [0.1, 0.15) is 0 Å². The van der Waals surface area contributed by atoms with Gasteiger partial charge in [0.05, 0.1) is 6.54 Å². The fraction of sp³-hybridized carbons (Fsp3) is 0.900. The number of aliphatic hydroxyl groups is 1. The molecule has 0 saturated heterocycles. The highest BCUT2D eigenvalue weighted by atomic mass is 16.2. The third-order valence-corrected chi connectivity index (χ3v) is 1.99. The van der Waals surface area contributed by atoms with Crippen LogP contribution in [0.1, 0.15) is 44.9 Å². The summed E-state index contributed by atoms with van der Waals surface area (Å²) in [6.45, 7) is 0.939. The lowest BCUT2D eigenvalue weighted by Gasteiger charge is -1.98. The second-order valence-corrected chi connectivity index (χ2v) is 3.17. The van der Waals surface area contributed by atoms with Crippen LogP contribution in [-0.2, 0) is 4.79 Å². The van der Waals surface area contributed by atoms with Crippen molar-refractivity contribution in [3.8, 4) is 0 Å². The number of unbranched alkanes of at least 4 members (excludes halogenated alkanes) is 6. The highest BCUT2D eigenvalue weighted by Gasteiger charge is 1.90. The zero-order valence-electron chi connectivity index (χ0n) is 8.17. The van der Waals surface area contributed by atoms with E-state index in [2.05, 4.69) is 4.99 Å². The lowest BCUT2D eigenvalue weighted by Crippen LogP contribution is -1.85. The van der Waals surface area contributed by atoms with Gasteiger partial charge < -0.3 is 5.11 Å². The van der Waals surface area contributed by atoms with E-state index in [4.69, 9.17) is 5.11 Å². The van der Waals surface area contributed by atoms with E-state index in [1.807, 2.05) is 0 Å². The van der Waals surface area contributed by atoms with Crippen LogP contribution in [0.3, 0.4) is 0 Å². The first-order chi connectivity index (χ1) is 6.41. The first-order valence-electron chi connectivity index (χ1n) is 5.06. The maximum atomic E-state index is 9.70. The summed E-state index contributed by atoms with van der Waals surface area (Å²) in [5, 5.41) is 8.52. The molecule has 0 unspecified atom stereocenters. The fourth-order valence-electron chi connectivity index (χ4n) is 1.23. The van der Waals surface area contributed by atoms with Gasteiger partial charge in [0.15, 0.2) is 0 Å². The van der Waals surface area contributed by atoms with Gasteiger partial charge in [-0.3, -0.25) is 0 Å². The monoisotopic (exact) mass is 185 g/mol. The highest BCUT2D eigenvalue weighted by Crippen LogP contribution is 2.06. The summed E-state index contributed by atoms with van der Waals surface area (Å²) in [5.74, 6) is 0. The van der Waals surface area contributed by atoms with Gasteiger partial charge in [-0.25, -0.2) is 9.79 Å². The van der Waals surface area contributed by atoms with Crippen LogP contribution in [-0.4, -0.2) is 24.3 Å². The Morgan fingerprint density at radius 2 is 1.46 bits per heavy atom. The lowest BCUT2D eigenvalue weighted by atomic mass is 10.1. The van der Waals surface area contributed by atoms with Crippen LogP contribution in [0.15, 0.2) is 4.99 Å². The molecule has 0 spiro atoms. The lowest BCUT2D eigenvalue weighted by molar-refractivity contribution is 0.282. The van der Waals surface area contributed by atoms with Crippen LogP contribution in [0.25, 0.3) is 0 Å². The second-order valence-electron chi connectivity index (χ2n) is 3.17. The van der Waals surface area contributed by atoms with E-state index in [0.717, 1.165) is 25.7 Å². The van der Waals surface area contributed by atoms with Crippen molar-refractivity contribution in [2.24, 2.45) is 4.99 Å². The van der Waals surface area contributed by atoms with Gasteiger partial charge in [0.2, 0.25) is 6.08 Å². The third-order valence-electron chi connectivity index (χ3n) is 1.99. The van der Waals surface area contributed by atoms with E-state index >= 15 is 0 Å². The molecular formula is C10H19NO2. The zero-order valence-corrected chi connectivity index (χ0v) is 8.17. The molecule has 0 fully saturated rings. The SMILES string of the molecule is O=C=NCCCCCCCCCO. The molecular weight excluding hydrogens is 166 g/mol. The van der Waals surface area contributed by atoms with Crippen molar-refractivity contribution in [3.05, 3.63) is 0 Å². The molecule has 0 heterocycles. The Morgan fingerprint density at radius 1 is 0.923 bits per heavy atom. The molecule has 0 rings (SSSR count). The van der Waals surface area contributed by atoms with Crippen molar-refractivity contribution in [3.63, 3.8) is 0 Å². The van der Waals surface area contributed by atoms with Crippen molar-refractivity contribution in [2.75, 3.05) is 13.2 Å². The van der Waals surface area contributed by atoms with E-state index in [1.54, 1.807) is 0 Å². The summed E-state index contributed by atoms with van der Waals surface area (Å²) in [6, 6.07) is 0. The van der Waals surface area contributed by atoms with E-state index < -0.39 is 0 Å². The van der Waals surface area contributed by atoms with E-state index in [-0.39, 0.29) is 0 Å². The van der Waals surface area contributed by atoms with Gasteiger partial charge in [-0.15, -0.1) is 0 Å². The molecule has 3 nitrogen and oxygen atoms in total. The molecule has 0 aromatic rings. The quantitative estimate of drug-likeness (QED) is 0.339. The molecule has 0 bridgehead atoms. The molecule has 76 valence electrons. The highest BCUT2D eigenvalue weighted by molar-refractivity contribution is 5.32. The van der Waals surface area contributed by atoms with Crippen molar-refractivity contribution >= 4 is 6.08 Å². The van der Waals surface area contributed by atoms with Gasteiger partial charge in [-0.1, -0.05) is 32.1 Å². The van der Waals surface area contributed by atoms with E-state index in [1.165, 1.54) is 25.3 Å². The number of carbonyl (C=O) groups excluding carboxylic acids is 1.